The molecule has 0 unspecified atom stereocenters. The molecule has 3 aromatic rings. The van der Waals surface area contributed by atoms with E-state index in [1.807, 2.05) is 50.2 Å². The summed E-state index contributed by atoms with van der Waals surface area (Å²) in [5, 5.41) is 16.7. The van der Waals surface area contributed by atoms with Crippen LogP contribution in [0.2, 0.25) is 0 Å². The van der Waals surface area contributed by atoms with Crippen LogP contribution in [0.25, 0.3) is 16.7 Å². The van der Waals surface area contributed by atoms with Gasteiger partial charge in [0.2, 0.25) is 5.52 Å². The van der Waals surface area contributed by atoms with Crippen molar-refractivity contribution in [1.82, 2.24) is 9.90 Å². The zero-order chi connectivity index (χ0) is 12.7. The molecular formula is C14H13N3O. The van der Waals surface area contributed by atoms with Gasteiger partial charge in [0.1, 0.15) is 5.69 Å². The number of para-hydroxylation sites is 1. The molecule has 0 bridgehead atoms. The zero-order valence-corrected chi connectivity index (χ0v) is 10.3. The Morgan fingerprint density at radius 2 is 1.72 bits per heavy atom. The maximum atomic E-state index is 12.3. The number of aromatic nitrogens is 3. The lowest BCUT2D eigenvalue weighted by Gasteiger charge is -2.05. The normalized spacial score (nSPS) is 11.0. The Hall–Kier alpha value is -2.36. The van der Waals surface area contributed by atoms with Gasteiger partial charge in [-0.25, -0.2) is 0 Å². The lowest BCUT2D eigenvalue weighted by molar-refractivity contribution is -0.664. The molecule has 0 N–H and O–H groups in total. The smallest absolute Gasteiger partial charge is 0.253 e. The van der Waals surface area contributed by atoms with Gasteiger partial charge in [0, 0.05) is 5.56 Å². The van der Waals surface area contributed by atoms with Gasteiger partial charge < -0.3 is 5.21 Å². The Bertz CT molecular complexity index is 731. The molecule has 0 spiro atoms. The molecule has 1 aromatic heterocycles. The summed E-state index contributed by atoms with van der Waals surface area (Å²) in [5.41, 5.74) is 4.18. The standard InChI is InChI=1S/C14H13N3O/c1-10-6-3-4-8-12(10)16-15-14-11(2)7-5-9-13(14)17(16)18/h3-9H,1-2H3. The predicted molar refractivity (Wildman–Crippen MR) is 69.5 cm³/mol. The van der Waals surface area contributed by atoms with Crippen molar-refractivity contribution >= 4 is 11.0 Å². The first kappa shape index (κ1) is 10.8. The van der Waals surface area contributed by atoms with Crippen LogP contribution in [-0.2, 0) is 0 Å². The van der Waals surface area contributed by atoms with Crippen LogP contribution in [0.15, 0.2) is 42.5 Å². The van der Waals surface area contributed by atoms with Crippen molar-refractivity contribution < 1.29 is 4.85 Å². The Balaban J connectivity index is 2.35. The molecule has 1 heterocycles. The van der Waals surface area contributed by atoms with Crippen LogP contribution < -0.4 is 4.85 Å². The predicted octanol–water partition coefficient (Wildman–Crippen LogP) is 2.28. The van der Waals surface area contributed by atoms with Gasteiger partial charge in [-0.15, -0.1) is 4.85 Å². The van der Waals surface area contributed by atoms with E-state index in [2.05, 4.69) is 5.10 Å². The summed E-state index contributed by atoms with van der Waals surface area (Å²) in [6, 6.07) is 13.3. The molecule has 0 aliphatic rings. The zero-order valence-electron chi connectivity index (χ0n) is 10.3. The summed E-state index contributed by atoms with van der Waals surface area (Å²) in [6.07, 6.45) is 0. The van der Waals surface area contributed by atoms with Crippen LogP contribution in [0.4, 0.5) is 0 Å². The number of aryl methyl sites for hydroxylation is 2. The minimum Gasteiger partial charge on any atom is -0.692 e. The third-order valence-corrected chi connectivity index (χ3v) is 3.12. The highest BCUT2D eigenvalue weighted by Gasteiger charge is 2.18. The summed E-state index contributed by atoms with van der Waals surface area (Å²) in [5.74, 6) is 0. The minimum atomic E-state index is 0.596. The van der Waals surface area contributed by atoms with Crippen molar-refractivity contribution in [1.29, 1.82) is 0 Å². The van der Waals surface area contributed by atoms with Gasteiger partial charge in [-0.1, -0.05) is 30.3 Å². The number of hydrogen-bond donors (Lipinski definition) is 0. The average Bonchev–Trinajstić information content (AvgIpc) is 2.70. The largest absolute Gasteiger partial charge is 0.692 e. The van der Waals surface area contributed by atoms with E-state index in [9.17, 15) is 5.21 Å². The molecule has 0 saturated carbocycles. The van der Waals surface area contributed by atoms with Gasteiger partial charge in [-0.3, -0.25) is 0 Å². The fourth-order valence-electron chi connectivity index (χ4n) is 2.10. The Labute approximate surface area is 105 Å². The van der Waals surface area contributed by atoms with Gasteiger partial charge >= 0.3 is 0 Å². The molecule has 0 fully saturated rings. The van der Waals surface area contributed by atoms with Crippen molar-refractivity contribution in [2.75, 3.05) is 0 Å². The van der Waals surface area contributed by atoms with Gasteiger partial charge in [0.15, 0.2) is 0 Å². The molecule has 0 radical (unpaired) electrons. The molecule has 0 aliphatic heterocycles. The first-order chi connectivity index (χ1) is 8.68. The summed E-state index contributed by atoms with van der Waals surface area (Å²) in [4.78, 5) is 2.25. The first-order valence-electron chi connectivity index (χ1n) is 5.82. The minimum absolute atomic E-state index is 0.596. The maximum absolute atomic E-state index is 12.3. The van der Waals surface area contributed by atoms with E-state index >= 15 is 0 Å². The third-order valence-electron chi connectivity index (χ3n) is 3.12. The first-order valence-corrected chi connectivity index (χ1v) is 5.82. The van der Waals surface area contributed by atoms with Crippen molar-refractivity contribution in [3.05, 3.63) is 58.8 Å². The molecule has 0 saturated heterocycles. The fraction of sp³-hybridized carbons (Fsp3) is 0.143. The van der Waals surface area contributed by atoms with Crippen LogP contribution in [0.3, 0.4) is 0 Å². The second-order valence-corrected chi connectivity index (χ2v) is 4.39. The number of fused-ring (bicyclic) bond motifs is 1. The molecular weight excluding hydrogens is 226 g/mol. The van der Waals surface area contributed by atoms with E-state index < -0.39 is 0 Å². The van der Waals surface area contributed by atoms with Crippen molar-refractivity contribution in [3.63, 3.8) is 0 Å². The lowest BCUT2D eigenvalue weighted by Crippen LogP contribution is -2.37. The van der Waals surface area contributed by atoms with Gasteiger partial charge in [-0.2, -0.15) is 0 Å². The number of rotatable bonds is 1. The molecule has 90 valence electrons. The van der Waals surface area contributed by atoms with E-state index in [0.29, 0.717) is 5.52 Å². The SMILES string of the molecule is Cc1ccccc1-n1nc2c(C)cccc2[n+]1[O-]. The molecule has 4 heteroatoms. The Morgan fingerprint density at radius 3 is 2.44 bits per heavy atom. The molecule has 0 atom stereocenters. The van der Waals surface area contributed by atoms with E-state index in [0.717, 1.165) is 27.2 Å². The van der Waals surface area contributed by atoms with Gasteiger partial charge in [0.05, 0.1) is 5.10 Å². The van der Waals surface area contributed by atoms with Gasteiger partial charge in [-0.05, 0) is 36.3 Å². The molecule has 2 aromatic carbocycles. The van der Waals surface area contributed by atoms with Crippen LogP contribution in [0.1, 0.15) is 11.1 Å². The number of hydrogen-bond acceptors (Lipinski definition) is 2. The number of nitrogens with zero attached hydrogens (tertiary/aromatic N) is 3. The van der Waals surface area contributed by atoms with Crippen molar-refractivity contribution in [2.24, 2.45) is 0 Å². The van der Waals surface area contributed by atoms with E-state index in [4.69, 9.17) is 0 Å². The van der Waals surface area contributed by atoms with Crippen LogP contribution in [-0.4, -0.2) is 9.90 Å². The van der Waals surface area contributed by atoms with Crippen molar-refractivity contribution in [2.45, 2.75) is 13.8 Å². The fourth-order valence-corrected chi connectivity index (χ4v) is 2.10. The van der Waals surface area contributed by atoms with Crippen molar-refractivity contribution in [3.8, 4) is 5.69 Å². The topological polar surface area (TPSA) is 44.8 Å². The van der Waals surface area contributed by atoms with Crippen LogP contribution >= 0.6 is 0 Å². The summed E-state index contributed by atoms with van der Waals surface area (Å²) in [7, 11) is 0. The highest BCUT2D eigenvalue weighted by Crippen LogP contribution is 2.16. The molecule has 0 amide bonds. The molecule has 3 rings (SSSR count). The third kappa shape index (κ3) is 1.46. The van der Waals surface area contributed by atoms with E-state index in [1.54, 1.807) is 6.07 Å². The summed E-state index contributed by atoms with van der Waals surface area (Å²) >= 11 is 0. The highest BCUT2D eigenvalue weighted by molar-refractivity contribution is 5.74. The second kappa shape index (κ2) is 3.84. The summed E-state index contributed by atoms with van der Waals surface area (Å²) in [6.45, 7) is 3.92. The molecule has 0 aliphatic carbocycles. The highest BCUT2D eigenvalue weighted by atomic mass is 16.5. The van der Waals surface area contributed by atoms with Crippen LogP contribution in [0, 0.1) is 19.1 Å². The Kier molecular flexibility index (Phi) is 2.30. The monoisotopic (exact) mass is 239 g/mol. The summed E-state index contributed by atoms with van der Waals surface area (Å²) < 4.78 is 0. The van der Waals surface area contributed by atoms with Gasteiger partial charge in [0.25, 0.3) is 5.52 Å². The van der Waals surface area contributed by atoms with Crippen LogP contribution in [0.5, 0.6) is 0 Å². The molecule has 4 nitrogen and oxygen atoms in total. The Morgan fingerprint density at radius 1 is 1.00 bits per heavy atom. The van der Waals surface area contributed by atoms with E-state index in [1.165, 1.54) is 4.80 Å². The quantitative estimate of drug-likeness (QED) is 0.483. The second-order valence-electron chi connectivity index (χ2n) is 4.39. The lowest BCUT2D eigenvalue weighted by atomic mass is 10.2. The average molecular weight is 239 g/mol. The molecule has 18 heavy (non-hydrogen) atoms. The van der Waals surface area contributed by atoms with E-state index in [-0.39, 0.29) is 0 Å². The maximum Gasteiger partial charge on any atom is 0.253 e. The number of benzene rings is 2.